The van der Waals surface area contributed by atoms with Crippen molar-refractivity contribution in [3.63, 3.8) is 0 Å². The molecule has 280 valence electrons. The molecule has 2 amide bonds. The first-order valence-corrected chi connectivity index (χ1v) is 18.3. The summed E-state index contributed by atoms with van der Waals surface area (Å²) in [6, 6.07) is 17.7. The quantitative estimate of drug-likeness (QED) is 0.155. The molecule has 0 saturated carbocycles. The van der Waals surface area contributed by atoms with E-state index in [2.05, 4.69) is 20.8 Å². The van der Waals surface area contributed by atoms with Crippen LogP contribution in [0.15, 0.2) is 66.0 Å². The van der Waals surface area contributed by atoms with Crippen LogP contribution < -0.4 is 10.6 Å². The fourth-order valence-corrected chi connectivity index (χ4v) is 7.23. The maximum absolute atomic E-state index is 13.3. The molecule has 2 aliphatic carbocycles. The van der Waals surface area contributed by atoms with Gasteiger partial charge in [0.15, 0.2) is 11.4 Å². The Hall–Kier alpha value is -4.92. The van der Waals surface area contributed by atoms with Gasteiger partial charge in [-0.15, -0.1) is 11.3 Å². The number of aromatic nitrogens is 4. The Bertz CT molecular complexity index is 2030. The lowest BCUT2D eigenvalue weighted by atomic mass is 9.95. The summed E-state index contributed by atoms with van der Waals surface area (Å²) in [4.78, 5) is 23.9. The molecule has 5 aromatic rings. The molecule has 0 aliphatic heterocycles. The van der Waals surface area contributed by atoms with Gasteiger partial charge in [-0.1, -0.05) is 37.3 Å². The van der Waals surface area contributed by atoms with Crippen molar-refractivity contribution in [2.75, 3.05) is 0 Å². The van der Waals surface area contributed by atoms with Crippen molar-refractivity contribution in [2.24, 2.45) is 0 Å². The molecule has 0 spiro atoms. The smallest absolute Gasteiger partial charge is 0.352 e. The van der Waals surface area contributed by atoms with Crippen LogP contribution in [-0.2, 0) is 55.9 Å². The molecule has 0 unspecified atom stereocenters. The van der Waals surface area contributed by atoms with E-state index in [1.807, 2.05) is 11.4 Å². The summed E-state index contributed by atoms with van der Waals surface area (Å²) in [5.74, 6) is -0.185. The monoisotopic (exact) mass is 756 g/mol. The average Bonchev–Trinajstić information content (AvgIpc) is 3.92. The highest BCUT2D eigenvalue weighted by molar-refractivity contribution is 7.12. The Balaban J connectivity index is 0.000000183. The zero-order valence-corrected chi connectivity index (χ0v) is 29.7. The van der Waals surface area contributed by atoms with E-state index in [1.54, 1.807) is 61.5 Å². The first-order chi connectivity index (χ1) is 25.3. The number of nitrogens with zero attached hydrogens (tertiary/aromatic N) is 4. The molecule has 15 heteroatoms. The maximum Gasteiger partial charge on any atom is 0.435 e. The van der Waals surface area contributed by atoms with Crippen LogP contribution >= 0.6 is 11.3 Å². The molecule has 2 aromatic carbocycles. The minimum atomic E-state index is -4.45. The molecule has 0 bridgehead atoms. The fourth-order valence-electron chi connectivity index (χ4n) is 6.59. The number of hydrogen-bond acceptors (Lipinski definition) is 5. The number of rotatable bonds is 8. The second kappa shape index (κ2) is 16.0. The highest BCUT2D eigenvalue weighted by Crippen LogP contribution is 2.38. The van der Waals surface area contributed by atoms with Crippen molar-refractivity contribution in [2.45, 2.75) is 90.2 Å². The van der Waals surface area contributed by atoms with Crippen LogP contribution in [0.4, 0.5) is 26.3 Å². The SMILES string of the molecule is CCC(=O)NCc1ccc(-n2nc(C(F)(F)F)c3c2CCCC3)cc1.O=C(NCc1ccc(-n2nc(C(F)(F)F)c3c2CCCC3)cc1)c1cccs1. The number of benzene rings is 2. The lowest BCUT2D eigenvalue weighted by Gasteiger charge is -2.15. The van der Waals surface area contributed by atoms with Gasteiger partial charge in [0.1, 0.15) is 0 Å². The Kier molecular flexibility index (Phi) is 11.4. The molecule has 0 fully saturated rings. The fraction of sp³-hybridized carbons (Fsp3) is 0.368. The highest BCUT2D eigenvalue weighted by Gasteiger charge is 2.40. The molecule has 2 N–H and O–H groups in total. The van der Waals surface area contributed by atoms with Gasteiger partial charge in [0.2, 0.25) is 5.91 Å². The number of fused-ring (bicyclic) bond motifs is 2. The van der Waals surface area contributed by atoms with Gasteiger partial charge in [-0.3, -0.25) is 9.59 Å². The van der Waals surface area contributed by atoms with E-state index >= 15 is 0 Å². The lowest BCUT2D eigenvalue weighted by molar-refractivity contribution is -0.142. The van der Waals surface area contributed by atoms with E-state index in [1.165, 1.54) is 20.7 Å². The molecule has 0 radical (unpaired) electrons. The molecule has 3 aromatic heterocycles. The third-order valence-electron chi connectivity index (χ3n) is 9.27. The first-order valence-electron chi connectivity index (χ1n) is 17.5. The van der Waals surface area contributed by atoms with Gasteiger partial charge in [0.25, 0.3) is 5.91 Å². The number of thiophene rings is 1. The van der Waals surface area contributed by atoms with Crippen molar-refractivity contribution in [3.8, 4) is 11.4 Å². The third kappa shape index (κ3) is 8.83. The van der Waals surface area contributed by atoms with Gasteiger partial charge in [-0.25, -0.2) is 9.36 Å². The second-order valence-electron chi connectivity index (χ2n) is 12.9. The van der Waals surface area contributed by atoms with Crippen LogP contribution in [0.5, 0.6) is 0 Å². The predicted octanol–water partition coefficient (Wildman–Crippen LogP) is 8.56. The maximum atomic E-state index is 13.3. The minimum Gasteiger partial charge on any atom is -0.352 e. The van der Waals surface area contributed by atoms with Crippen LogP contribution in [0.3, 0.4) is 0 Å². The van der Waals surface area contributed by atoms with E-state index in [0.717, 1.165) is 36.8 Å². The van der Waals surface area contributed by atoms with Crippen LogP contribution in [0.2, 0.25) is 0 Å². The molecule has 0 saturated heterocycles. The van der Waals surface area contributed by atoms with Gasteiger partial charge < -0.3 is 10.6 Å². The molecular formula is C38H38F6N6O2S. The zero-order chi connectivity index (χ0) is 37.8. The Morgan fingerprint density at radius 1 is 0.679 bits per heavy atom. The number of nitrogens with one attached hydrogen (secondary N) is 2. The van der Waals surface area contributed by atoms with Crippen molar-refractivity contribution in [1.82, 2.24) is 30.2 Å². The van der Waals surface area contributed by atoms with Crippen LogP contribution in [0.25, 0.3) is 11.4 Å². The van der Waals surface area contributed by atoms with Gasteiger partial charge in [0.05, 0.1) is 16.3 Å². The molecular weight excluding hydrogens is 719 g/mol. The van der Waals surface area contributed by atoms with Crippen molar-refractivity contribution >= 4 is 23.2 Å². The zero-order valence-electron chi connectivity index (χ0n) is 28.9. The topological polar surface area (TPSA) is 93.8 Å². The first kappa shape index (κ1) is 37.8. The highest BCUT2D eigenvalue weighted by atomic mass is 32.1. The standard InChI is InChI=1S/C20H18F3N3OS.C18H20F3N3O/c21-20(22,23)18-15-4-1-2-5-16(15)26(25-18)14-9-7-13(8-10-14)12-24-19(27)17-6-3-11-28-17;1-2-16(25)22-11-12-7-9-13(10-8-12)24-15-6-4-3-5-14(15)17(23-24)18(19,20)21/h3,6-11H,1-2,4-5,12H2,(H,24,27);7-10H,2-6,11H2,1H3,(H,22,25). The summed E-state index contributed by atoms with van der Waals surface area (Å²) >= 11 is 1.37. The lowest BCUT2D eigenvalue weighted by Crippen LogP contribution is -2.21. The van der Waals surface area contributed by atoms with E-state index in [0.29, 0.717) is 84.0 Å². The van der Waals surface area contributed by atoms with Gasteiger partial charge >= 0.3 is 12.4 Å². The van der Waals surface area contributed by atoms with Crippen LogP contribution in [-0.4, -0.2) is 31.4 Å². The summed E-state index contributed by atoms with van der Waals surface area (Å²) in [7, 11) is 0. The van der Waals surface area contributed by atoms with Crippen molar-refractivity contribution in [3.05, 3.63) is 116 Å². The number of amides is 2. The van der Waals surface area contributed by atoms with E-state index in [-0.39, 0.29) is 11.8 Å². The van der Waals surface area contributed by atoms with Crippen molar-refractivity contribution < 1.29 is 35.9 Å². The molecule has 3 heterocycles. The van der Waals surface area contributed by atoms with E-state index in [4.69, 9.17) is 0 Å². The predicted molar refractivity (Wildman–Crippen MR) is 188 cm³/mol. The molecule has 8 nitrogen and oxygen atoms in total. The average molecular weight is 757 g/mol. The Morgan fingerprint density at radius 2 is 1.13 bits per heavy atom. The molecule has 0 atom stereocenters. The Morgan fingerprint density at radius 3 is 1.55 bits per heavy atom. The molecule has 53 heavy (non-hydrogen) atoms. The summed E-state index contributed by atoms with van der Waals surface area (Å²) in [5.41, 5.74) is 3.40. The van der Waals surface area contributed by atoms with Crippen LogP contribution in [0, 0.1) is 0 Å². The number of carbonyl (C=O) groups excluding carboxylic acids is 2. The summed E-state index contributed by atoms with van der Waals surface area (Å²) in [6.07, 6.45) is -3.18. The van der Waals surface area contributed by atoms with E-state index in [9.17, 15) is 35.9 Å². The number of halogens is 6. The third-order valence-corrected chi connectivity index (χ3v) is 10.1. The van der Waals surface area contributed by atoms with Crippen LogP contribution in [0.1, 0.15) is 93.7 Å². The van der Waals surface area contributed by atoms with Gasteiger partial charge in [0, 0.05) is 42.0 Å². The summed E-state index contributed by atoms with van der Waals surface area (Å²) in [6.45, 7) is 2.53. The van der Waals surface area contributed by atoms with Gasteiger partial charge in [-0.2, -0.15) is 36.5 Å². The molecule has 2 aliphatic rings. The summed E-state index contributed by atoms with van der Waals surface area (Å²) in [5, 5.41) is 15.2. The van der Waals surface area contributed by atoms with Crippen molar-refractivity contribution in [1.29, 1.82) is 0 Å². The number of alkyl halides is 6. The molecule has 7 rings (SSSR count). The second-order valence-corrected chi connectivity index (χ2v) is 13.9. The van der Waals surface area contributed by atoms with Gasteiger partial charge in [-0.05, 0) is 98.2 Å². The number of carbonyl (C=O) groups is 2. The summed E-state index contributed by atoms with van der Waals surface area (Å²) < 4.78 is 82.7. The largest absolute Gasteiger partial charge is 0.435 e. The van der Waals surface area contributed by atoms with E-state index < -0.39 is 23.7 Å². The minimum absolute atomic E-state index is 0.0416. The Labute approximate surface area is 306 Å². The number of hydrogen-bond donors (Lipinski definition) is 2. The normalized spacial score (nSPS) is 14.1.